The summed E-state index contributed by atoms with van der Waals surface area (Å²) in [7, 11) is 0. The minimum Gasteiger partial charge on any atom is -0.478 e. The van der Waals surface area contributed by atoms with Crippen LogP contribution in [0.3, 0.4) is 0 Å². The van der Waals surface area contributed by atoms with E-state index in [0.29, 0.717) is 41.7 Å². The van der Waals surface area contributed by atoms with Crippen LogP contribution in [0.2, 0.25) is 0 Å². The van der Waals surface area contributed by atoms with Crippen LogP contribution in [0.5, 0.6) is 0 Å². The molecule has 8 atom stereocenters. The van der Waals surface area contributed by atoms with E-state index in [-0.39, 0.29) is 27.1 Å². The average Bonchev–Trinajstić information content (AvgIpc) is 3.71. The number of aromatic nitrogens is 1. The second-order valence-corrected chi connectivity index (χ2v) is 17.7. The highest BCUT2D eigenvalue weighted by Crippen LogP contribution is 2.77. The molecule has 1 amide bonds. The van der Waals surface area contributed by atoms with Gasteiger partial charge in [-0.3, -0.25) is 4.79 Å². The molecule has 5 aliphatic carbocycles. The van der Waals surface area contributed by atoms with Gasteiger partial charge in [-0.05, 0) is 133 Å². The van der Waals surface area contributed by atoms with E-state index >= 15 is 0 Å². The van der Waals surface area contributed by atoms with Gasteiger partial charge in [-0.1, -0.05) is 65.3 Å². The molecule has 0 bridgehead atoms. The molecule has 0 aliphatic heterocycles. The van der Waals surface area contributed by atoms with Gasteiger partial charge in [0.05, 0.1) is 17.5 Å². The number of amides is 1. The van der Waals surface area contributed by atoms with E-state index in [2.05, 4.69) is 57.6 Å². The van der Waals surface area contributed by atoms with Crippen LogP contribution < -0.4 is 5.32 Å². The Balaban J connectivity index is 0.00000124. The third-order valence-corrected chi connectivity index (χ3v) is 15.5. The molecule has 0 spiro atoms. The standard InChI is InChI=1S/C38H50N2O3S.C3H6/c1-34(2)26(24-8-10-25(11-9-24)32(41)42)14-17-35(3)29(34)15-18-37(5)30(35)13-12-27-28-7-6-16-38(28,20-19-36(27,37)4)33(43)40-23-31-39-21-22-44-31;1-3-2/h8-11,14,21-22,27-30H,6-7,12-13,15-20,23H2,1-5H3,(H,40,43)(H,41,42);3H,1H2,2H3/t27?,28?,29?,30?,35?,36-,37?,38?;/m1./s1. The lowest BCUT2D eigenvalue weighted by atomic mass is 9.32. The van der Waals surface area contributed by atoms with Crippen molar-refractivity contribution in [2.24, 2.45) is 50.7 Å². The average molecular weight is 657 g/mol. The number of hydrogen-bond donors (Lipinski definition) is 2. The Morgan fingerprint density at radius 3 is 2.34 bits per heavy atom. The lowest BCUT2D eigenvalue weighted by Gasteiger charge is -2.72. The molecule has 1 aromatic heterocycles. The number of rotatable bonds is 5. The largest absolute Gasteiger partial charge is 0.478 e. The fraction of sp³-hybridized carbons (Fsp3) is 0.634. The fourth-order valence-corrected chi connectivity index (χ4v) is 13.1. The van der Waals surface area contributed by atoms with Gasteiger partial charge in [-0.2, -0.15) is 0 Å². The van der Waals surface area contributed by atoms with E-state index in [4.69, 9.17) is 0 Å². The van der Waals surface area contributed by atoms with Crippen molar-refractivity contribution in [2.45, 2.75) is 112 Å². The minimum absolute atomic E-state index is 0.0134. The zero-order chi connectivity index (χ0) is 33.8. The van der Waals surface area contributed by atoms with E-state index in [1.165, 1.54) is 49.7 Å². The van der Waals surface area contributed by atoms with E-state index in [1.54, 1.807) is 29.5 Å². The first-order chi connectivity index (χ1) is 22.3. The molecule has 6 heteroatoms. The molecule has 1 aromatic carbocycles. The number of thiazole rings is 1. The SMILES string of the molecule is C=CC.CC1(C)C(c2ccc(C(=O)O)cc2)=CCC2(C)C1CCC1(C)C2CCC2C3CCCC3(C(=O)NCc3nccs3)CC[C@]21C. The van der Waals surface area contributed by atoms with Crippen molar-refractivity contribution in [3.8, 4) is 0 Å². The molecule has 7 unspecified atom stereocenters. The van der Waals surface area contributed by atoms with Crippen LogP contribution in [0.15, 0.2) is 54.6 Å². The Kier molecular flexibility index (Phi) is 8.94. The van der Waals surface area contributed by atoms with Crippen LogP contribution in [0.25, 0.3) is 5.57 Å². The zero-order valence-electron chi connectivity index (χ0n) is 29.5. The Hall–Kier alpha value is -2.73. The summed E-state index contributed by atoms with van der Waals surface area (Å²) < 4.78 is 0. The smallest absolute Gasteiger partial charge is 0.335 e. The summed E-state index contributed by atoms with van der Waals surface area (Å²) in [6.45, 7) is 18.6. The van der Waals surface area contributed by atoms with E-state index in [1.807, 2.05) is 30.6 Å². The second-order valence-electron chi connectivity index (χ2n) is 16.8. The molecule has 4 fully saturated rings. The number of carboxylic acid groups (broad SMARTS) is 1. The molecule has 4 saturated carbocycles. The number of fused-ring (bicyclic) bond motifs is 7. The predicted molar refractivity (Wildman–Crippen MR) is 192 cm³/mol. The van der Waals surface area contributed by atoms with Crippen LogP contribution in [-0.2, 0) is 11.3 Å². The van der Waals surface area contributed by atoms with E-state index < -0.39 is 5.97 Å². The molecule has 0 saturated heterocycles. The van der Waals surface area contributed by atoms with Gasteiger partial charge in [0.25, 0.3) is 0 Å². The lowest BCUT2D eigenvalue weighted by Crippen LogP contribution is -2.65. The predicted octanol–water partition coefficient (Wildman–Crippen LogP) is 10.2. The molecule has 5 nitrogen and oxygen atoms in total. The summed E-state index contributed by atoms with van der Waals surface area (Å²) >= 11 is 1.62. The molecule has 254 valence electrons. The molecule has 47 heavy (non-hydrogen) atoms. The van der Waals surface area contributed by atoms with Crippen molar-refractivity contribution in [3.05, 3.63) is 70.7 Å². The highest BCUT2D eigenvalue weighted by molar-refractivity contribution is 7.09. The molecule has 1 heterocycles. The van der Waals surface area contributed by atoms with Gasteiger partial charge in [-0.15, -0.1) is 17.9 Å². The highest BCUT2D eigenvalue weighted by Gasteiger charge is 2.70. The van der Waals surface area contributed by atoms with Gasteiger partial charge in [-0.25, -0.2) is 9.78 Å². The number of carboxylic acids is 1. The summed E-state index contributed by atoms with van der Waals surface area (Å²) in [4.78, 5) is 29.9. The number of carbonyl (C=O) groups is 2. The van der Waals surface area contributed by atoms with Crippen LogP contribution in [0.4, 0.5) is 0 Å². The topological polar surface area (TPSA) is 79.3 Å². The van der Waals surface area contributed by atoms with Crippen LogP contribution in [0, 0.1) is 50.7 Å². The van der Waals surface area contributed by atoms with E-state index in [9.17, 15) is 14.7 Å². The number of aromatic carboxylic acids is 1. The number of carbonyl (C=O) groups excluding carboxylic acids is 1. The Bertz CT molecular complexity index is 1530. The highest BCUT2D eigenvalue weighted by atomic mass is 32.1. The maximum absolute atomic E-state index is 14.0. The van der Waals surface area contributed by atoms with Gasteiger partial charge in [0.1, 0.15) is 5.01 Å². The normalized spacial score (nSPS) is 38.2. The van der Waals surface area contributed by atoms with Gasteiger partial charge in [0.15, 0.2) is 0 Å². The number of benzene rings is 1. The third-order valence-electron chi connectivity index (χ3n) is 14.7. The molecule has 2 aromatic rings. The lowest BCUT2D eigenvalue weighted by molar-refractivity contribution is -0.222. The maximum Gasteiger partial charge on any atom is 0.335 e. The summed E-state index contributed by atoms with van der Waals surface area (Å²) in [6, 6.07) is 7.55. The van der Waals surface area contributed by atoms with Gasteiger partial charge in [0, 0.05) is 11.6 Å². The molecular formula is C41H56N2O3S. The summed E-state index contributed by atoms with van der Waals surface area (Å²) in [5.74, 6) is 1.77. The number of nitrogens with zero attached hydrogens (tertiary/aromatic N) is 1. The van der Waals surface area contributed by atoms with Crippen molar-refractivity contribution in [1.29, 1.82) is 0 Å². The number of allylic oxidation sites excluding steroid dienone is 3. The number of hydrogen-bond acceptors (Lipinski definition) is 4. The van der Waals surface area contributed by atoms with Crippen molar-refractivity contribution in [1.82, 2.24) is 10.3 Å². The number of nitrogens with one attached hydrogen (secondary N) is 1. The summed E-state index contributed by atoms with van der Waals surface area (Å²) in [5.41, 5.74) is 3.45. The molecule has 2 N–H and O–H groups in total. The Morgan fingerprint density at radius 1 is 0.957 bits per heavy atom. The monoisotopic (exact) mass is 656 g/mol. The summed E-state index contributed by atoms with van der Waals surface area (Å²) in [6.07, 6.45) is 17.8. The fourth-order valence-electron chi connectivity index (χ4n) is 12.5. The second kappa shape index (κ2) is 12.3. The van der Waals surface area contributed by atoms with E-state index in [0.717, 1.165) is 30.7 Å². The quantitative estimate of drug-likeness (QED) is 0.314. The molecule has 7 rings (SSSR count). The Labute approximate surface area is 286 Å². The first kappa shape index (κ1) is 34.1. The summed E-state index contributed by atoms with van der Waals surface area (Å²) in [5, 5.41) is 15.8. The van der Waals surface area contributed by atoms with Crippen LogP contribution in [0.1, 0.15) is 127 Å². The van der Waals surface area contributed by atoms with Crippen molar-refractivity contribution < 1.29 is 14.7 Å². The first-order valence-corrected chi connectivity index (χ1v) is 18.9. The van der Waals surface area contributed by atoms with Gasteiger partial charge < -0.3 is 10.4 Å². The maximum atomic E-state index is 14.0. The van der Waals surface area contributed by atoms with Crippen molar-refractivity contribution >= 4 is 28.8 Å². The minimum atomic E-state index is -0.870. The molecule has 5 aliphatic rings. The first-order valence-electron chi connectivity index (χ1n) is 18.1. The molecule has 0 radical (unpaired) electrons. The van der Waals surface area contributed by atoms with Gasteiger partial charge >= 0.3 is 5.97 Å². The van der Waals surface area contributed by atoms with Crippen LogP contribution >= 0.6 is 11.3 Å². The third kappa shape index (κ3) is 5.18. The zero-order valence-corrected chi connectivity index (χ0v) is 30.3. The Morgan fingerprint density at radius 2 is 1.68 bits per heavy atom. The van der Waals surface area contributed by atoms with Crippen molar-refractivity contribution in [3.63, 3.8) is 0 Å². The van der Waals surface area contributed by atoms with Crippen molar-refractivity contribution in [2.75, 3.05) is 0 Å². The molecular weight excluding hydrogens is 601 g/mol. The van der Waals surface area contributed by atoms with Crippen LogP contribution in [-0.4, -0.2) is 22.0 Å². The van der Waals surface area contributed by atoms with Gasteiger partial charge in [0.2, 0.25) is 5.91 Å².